The molecule has 0 N–H and O–H groups in total. The number of ether oxygens (including phenoxy) is 2. The van der Waals surface area contributed by atoms with Gasteiger partial charge in [-0.05, 0) is 18.4 Å². The highest BCUT2D eigenvalue weighted by Crippen LogP contribution is 2.59. The maximum absolute atomic E-state index is 13.8. The smallest absolute Gasteiger partial charge is 0.310 e. The molecule has 2 atom stereocenters. The molecule has 1 aliphatic rings. The van der Waals surface area contributed by atoms with E-state index in [0.717, 1.165) is 6.92 Å². The van der Waals surface area contributed by atoms with E-state index in [1.165, 1.54) is 13.2 Å². The third-order valence-electron chi connectivity index (χ3n) is 4.76. The molecule has 1 aromatic carbocycles. The molecule has 1 saturated carbocycles. The third-order valence-corrected chi connectivity index (χ3v) is 4.76. The normalized spacial score (nSPS) is 21.1. The Morgan fingerprint density at radius 2 is 1.73 bits per heavy atom. The zero-order valence-electron chi connectivity index (χ0n) is 14.6. The van der Waals surface area contributed by atoms with Crippen LogP contribution in [0, 0.1) is 58.8 Å². The lowest BCUT2D eigenvalue weighted by atomic mass is 10.1. The van der Waals surface area contributed by atoms with Crippen LogP contribution in [0.4, 0.5) is 17.6 Å². The first-order valence-corrected chi connectivity index (χ1v) is 7.71. The molecule has 0 amide bonds. The monoisotopic (exact) mass is 371 g/mol. The Labute approximate surface area is 148 Å². The van der Waals surface area contributed by atoms with Crippen molar-refractivity contribution in [2.75, 3.05) is 7.11 Å². The van der Waals surface area contributed by atoms with Crippen LogP contribution in [-0.4, -0.2) is 13.1 Å². The molecule has 140 valence electrons. The van der Waals surface area contributed by atoms with Crippen LogP contribution in [0.2, 0.25) is 0 Å². The third kappa shape index (κ3) is 3.26. The van der Waals surface area contributed by atoms with Crippen molar-refractivity contribution in [1.29, 1.82) is 5.26 Å². The Hall–Kier alpha value is -2.56. The molecule has 0 saturated heterocycles. The lowest BCUT2D eigenvalue weighted by Crippen LogP contribution is -2.14. The molecule has 2 rings (SSSR count). The minimum Gasteiger partial charge on any atom is -0.487 e. The number of esters is 1. The van der Waals surface area contributed by atoms with Crippen LogP contribution >= 0.6 is 0 Å². The summed E-state index contributed by atoms with van der Waals surface area (Å²) in [7, 11) is 1.31. The van der Waals surface area contributed by atoms with Gasteiger partial charge in [0.15, 0.2) is 29.0 Å². The minimum absolute atomic E-state index is 0.0261. The molecule has 0 aromatic heterocycles. The molecule has 0 heterocycles. The predicted molar refractivity (Wildman–Crippen MR) is 82.3 cm³/mol. The highest BCUT2D eigenvalue weighted by molar-refractivity contribution is 5.78. The molecule has 1 aromatic rings. The van der Waals surface area contributed by atoms with Crippen molar-refractivity contribution in [2.45, 2.75) is 27.4 Å². The van der Waals surface area contributed by atoms with E-state index in [-0.39, 0.29) is 11.7 Å². The number of halogens is 4. The summed E-state index contributed by atoms with van der Waals surface area (Å²) >= 11 is 0. The summed E-state index contributed by atoms with van der Waals surface area (Å²) in [5.74, 6) is -8.04. The van der Waals surface area contributed by atoms with Crippen molar-refractivity contribution in [3.05, 3.63) is 46.2 Å². The Bertz CT molecular complexity index is 798. The fourth-order valence-corrected chi connectivity index (χ4v) is 2.90. The first-order valence-electron chi connectivity index (χ1n) is 7.71. The highest BCUT2D eigenvalue weighted by Gasteiger charge is 2.62. The molecule has 0 bridgehead atoms. The van der Waals surface area contributed by atoms with Crippen molar-refractivity contribution < 1.29 is 31.8 Å². The average Bonchev–Trinajstić information content (AvgIpc) is 3.15. The van der Waals surface area contributed by atoms with Gasteiger partial charge in [-0.15, -0.1) is 0 Å². The quantitative estimate of drug-likeness (QED) is 0.259. The summed E-state index contributed by atoms with van der Waals surface area (Å²) in [5, 5.41) is 8.87. The molecule has 2 unspecified atom stereocenters. The van der Waals surface area contributed by atoms with Gasteiger partial charge in [0.25, 0.3) is 0 Å². The van der Waals surface area contributed by atoms with Crippen molar-refractivity contribution in [3.63, 3.8) is 0 Å². The van der Waals surface area contributed by atoms with Crippen LogP contribution in [0.25, 0.3) is 0 Å². The SMILES string of the molecule is COC(C#N)=CC1C(C(=O)OCc2c(F)c(F)c(C)c(F)c2F)C1(C)C. The van der Waals surface area contributed by atoms with E-state index in [4.69, 9.17) is 14.7 Å². The molecule has 0 aliphatic heterocycles. The number of hydrogen-bond acceptors (Lipinski definition) is 4. The van der Waals surface area contributed by atoms with Gasteiger partial charge >= 0.3 is 5.97 Å². The second kappa shape index (κ2) is 6.98. The Balaban J connectivity index is 2.16. The van der Waals surface area contributed by atoms with Gasteiger partial charge in [-0.2, -0.15) is 5.26 Å². The van der Waals surface area contributed by atoms with Crippen LogP contribution in [-0.2, 0) is 20.9 Å². The van der Waals surface area contributed by atoms with Gasteiger partial charge in [-0.1, -0.05) is 13.8 Å². The molecular weight excluding hydrogens is 354 g/mol. The molecule has 0 spiro atoms. The molecular formula is C18H17F4NO3. The van der Waals surface area contributed by atoms with Gasteiger partial charge in [0.05, 0.1) is 18.6 Å². The van der Waals surface area contributed by atoms with Crippen molar-refractivity contribution in [1.82, 2.24) is 0 Å². The fourth-order valence-electron chi connectivity index (χ4n) is 2.90. The summed E-state index contributed by atoms with van der Waals surface area (Å²) in [5.41, 5.74) is -2.33. The van der Waals surface area contributed by atoms with E-state index in [1.54, 1.807) is 13.8 Å². The average molecular weight is 371 g/mol. The maximum atomic E-state index is 13.8. The van der Waals surface area contributed by atoms with E-state index in [2.05, 4.69) is 0 Å². The van der Waals surface area contributed by atoms with Crippen molar-refractivity contribution >= 4 is 5.97 Å². The second-order valence-electron chi connectivity index (χ2n) is 6.64. The lowest BCUT2D eigenvalue weighted by Gasteiger charge is -2.10. The lowest BCUT2D eigenvalue weighted by molar-refractivity contribution is -0.147. The van der Waals surface area contributed by atoms with E-state index in [9.17, 15) is 22.4 Å². The molecule has 4 nitrogen and oxygen atoms in total. The number of benzene rings is 1. The van der Waals surface area contributed by atoms with Gasteiger partial charge in [0.1, 0.15) is 12.7 Å². The Kier molecular flexibility index (Phi) is 5.31. The fraction of sp³-hybridized carbons (Fsp3) is 0.444. The predicted octanol–water partition coefficient (Wildman–Crippen LogP) is 3.92. The number of carbonyl (C=O) groups excluding carboxylic acids is 1. The number of allylic oxidation sites excluding steroid dienone is 2. The molecule has 0 radical (unpaired) electrons. The van der Waals surface area contributed by atoms with Crippen LogP contribution < -0.4 is 0 Å². The first kappa shape index (κ1) is 19.8. The van der Waals surface area contributed by atoms with Crippen LogP contribution in [0.3, 0.4) is 0 Å². The summed E-state index contributed by atoms with van der Waals surface area (Å²) in [6.45, 7) is 3.45. The summed E-state index contributed by atoms with van der Waals surface area (Å²) in [6.07, 6.45) is 1.47. The van der Waals surface area contributed by atoms with E-state index >= 15 is 0 Å². The summed E-state index contributed by atoms with van der Waals surface area (Å²) < 4.78 is 64.5. The first-order chi connectivity index (χ1) is 12.1. The number of nitriles is 1. The van der Waals surface area contributed by atoms with Crippen LogP contribution in [0.1, 0.15) is 25.0 Å². The van der Waals surface area contributed by atoms with Gasteiger partial charge in [-0.3, -0.25) is 4.79 Å². The topological polar surface area (TPSA) is 59.3 Å². The van der Waals surface area contributed by atoms with Gasteiger partial charge in [0, 0.05) is 11.5 Å². The summed E-state index contributed by atoms with van der Waals surface area (Å²) in [4.78, 5) is 12.2. The number of nitrogens with zero attached hydrogens (tertiary/aromatic N) is 1. The minimum atomic E-state index is -1.59. The maximum Gasteiger partial charge on any atom is 0.310 e. The van der Waals surface area contributed by atoms with Crippen molar-refractivity contribution in [2.24, 2.45) is 17.3 Å². The zero-order chi connectivity index (χ0) is 19.8. The van der Waals surface area contributed by atoms with E-state index < -0.39 is 58.3 Å². The molecule has 26 heavy (non-hydrogen) atoms. The summed E-state index contributed by atoms with van der Waals surface area (Å²) in [6, 6.07) is 1.82. The number of hydrogen-bond donors (Lipinski definition) is 0. The number of rotatable bonds is 5. The Morgan fingerprint density at radius 3 is 2.19 bits per heavy atom. The van der Waals surface area contributed by atoms with Crippen LogP contribution in [0.5, 0.6) is 0 Å². The van der Waals surface area contributed by atoms with Gasteiger partial charge in [-0.25, -0.2) is 17.6 Å². The molecule has 1 aliphatic carbocycles. The highest BCUT2D eigenvalue weighted by atomic mass is 19.2. The standard InChI is InChI=1S/C18H17F4NO3/c1-8-13(19)15(21)10(16(22)14(8)20)7-26-17(24)12-11(18(12,2)3)5-9(6-23)25-4/h5,11-12H,7H2,1-4H3. The van der Waals surface area contributed by atoms with Crippen molar-refractivity contribution in [3.8, 4) is 6.07 Å². The molecule has 1 fully saturated rings. The van der Waals surface area contributed by atoms with E-state index in [0.29, 0.717) is 0 Å². The van der Waals surface area contributed by atoms with Crippen LogP contribution in [0.15, 0.2) is 11.8 Å². The largest absolute Gasteiger partial charge is 0.487 e. The van der Waals surface area contributed by atoms with E-state index in [1.807, 2.05) is 6.07 Å². The number of carbonyl (C=O) groups is 1. The second-order valence-corrected chi connectivity index (χ2v) is 6.64. The zero-order valence-corrected chi connectivity index (χ0v) is 14.6. The number of methoxy groups -OCH3 is 1. The Morgan fingerprint density at radius 1 is 1.19 bits per heavy atom. The van der Waals surface area contributed by atoms with Gasteiger partial charge in [0.2, 0.25) is 0 Å². The molecule has 8 heteroatoms. The van der Waals surface area contributed by atoms with Gasteiger partial charge < -0.3 is 9.47 Å².